The predicted octanol–water partition coefficient (Wildman–Crippen LogP) is 7.98. The minimum atomic E-state index is -0.225. The van der Waals surface area contributed by atoms with Crippen molar-refractivity contribution in [3.63, 3.8) is 0 Å². The monoisotopic (exact) mass is 543 g/mol. The Labute approximate surface area is 231 Å². The van der Waals surface area contributed by atoms with Gasteiger partial charge in [-0.3, -0.25) is 4.98 Å². The minimum Gasteiger partial charge on any atom is -0.371 e. The number of tetrazole rings is 1. The van der Waals surface area contributed by atoms with Crippen LogP contribution < -0.4 is 10.6 Å². The van der Waals surface area contributed by atoms with Crippen LogP contribution in [0.2, 0.25) is 10.0 Å². The first-order valence-corrected chi connectivity index (χ1v) is 13.6. The molecule has 1 unspecified atom stereocenters. The molecule has 0 spiro atoms. The van der Waals surface area contributed by atoms with Crippen molar-refractivity contribution in [2.24, 2.45) is 0 Å². The van der Waals surface area contributed by atoms with E-state index in [2.05, 4.69) is 43.3 Å². The summed E-state index contributed by atoms with van der Waals surface area (Å²) in [7, 11) is 0. The Balaban J connectivity index is 1.27. The highest BCUT2D eigenvalue weighted by Crippen LogP contribution is 2.33. The van der Waals surface area contributed by atoms with E-state index in [-0.39, 0.29) is 6.04 Å². The summed E-state index contributed by atoms with van der Waals surface area (Å²) < 4.78 is 2.02. The van der Waals surface area contributed by atoms with Crippen LogP contribution in [0.25, 0.3) is 10.9 Å². The summed E-state index contributed by atoms with van der Waals surface area (Å²) in [5.74, 6) is 0.809. The summed E-state index contributed by atoms with van der Waals surface area (Å²) >= 11 is 12.3. The van der Waals surface area contributed by atoms with Crippen LogP contribution in [-0.4, -0.2) is 25.2 Å². The summed E-state index contributed by atoms with van der Waals surface area (Å²) in [6.45, 7) is 0. The van der Waals surface area contributed by atoms with E-state index in [4.69, 9.17) is 23.2 Å². The Morgan fingerprint density at radius 2 is 1.55 bits per heavy atom. The molecule has 0 bridgehead atoms. The molecule has 7 nitrogen and oxygen atoms in total. The fourth-order valence-corrected chi connectivity index (χ4v) is 5.42. The zero-order valence-corrected chi connectivity index (χ0v) is 22.2. The third kappa shape index (κ3) is 5.30. The Bertz CT molecular complexity index is 1530. The van der Waals surface area contributed by atoms with Crippen LogP contribution in [0.3, 0.4) is 0 Å². The highest BCUT2D eigenvalue weighted by molar-refractivity contribution is 6.31. The summed E-state index contributed by atoms with van der Waals surface area (Å²) in [4.78, 5) is 4.43. The van der Waals surface area contributed by atoms with Gasteiger partial charge in [0, 0.05) is 38.7 Å². The van der Waals surface area contributed by atoms with Crippen LogP contribution in [0, 0.1) is 0 Å². The van der Waals surface area contributed by atoms with E-state index in [1.54, 1.807) is 6.20 Å². The predicted molar refractivity (Wildman–Crippen MR) is 153 cm³/mol. The fraction of sp³-hybridized carbons (Fsp3) is 0.241. The Morgan fingerprint density at radius 1 is 0.816 bits per heavy atom. The number of hydrogen-bond donors (Lipinski definition) is 2. The van der Waals surface area contributed by atoms with Crippen molar-refractivity contribution in [1.29, 1.82) is 0 Å². The average Bonchev–Trinajstić information content (AvgIpc) is 3.43. The average molecular weight is 544 g/mol. The normalized spacial score (nSPS) is 14.9. The number of hydrogen-bond acceptors (Lipinski definition) is 6. The molecule has 0 aliphatic heterocycles. The molecule has 1 aliphatic carbocycles. The number of rotatable bonds is 7. The van der Waals surface area contributed by atoms with E-state index in [1.807, 2.05) is 65.3 Å². The third-order valence-corrected chi connectivity index (χ3v) is 7.57. The second-order valence-electron chi connectivity index (χ2n) is 9.62. The summed E-state index contributed by atoms with van der Waals surface area (Å²) in [5.41, 5.74) is 4.79. The number of nitrogens with one attached hydrogen (secondary N) is 2. The molecule has 2 N–H and O–H groups in total. The lowest BCUT2D eigenvalue weighted by atomic mass is 9.95. The lowest BCUT2D eigenvalue weighted by molar-refractivity contribution is 0.315. The number of pyridine rings is 1. The minimum absolute atomic E-state index is 0.225. The van der Waals surface area contributed by atoms with Crippen molar-refractivity contribution in [1.82, 2.24) is 25.2 Å². The van der Waals surface area contributed by atoms with Crippen molar-refractivity contribution in [3.8, 4) is 0 Å². The number of anilines is 3. The van der Waals surface area contributed by atoms with Gasteiger partial charge >= 0.3 is 0 Å². The van der Waals surface area contributed by atoms with E-state index in [0.29, 0.717) is 16.1 Å². The van der Waals surface area contributed by atoms with Crippen LogP contribution in [-0.2, 0) is 0 Å². The SMILES string of the molecule is Clc1ccc(C(Nc2ccc(Nc3ccnc4cc(Cl)ccc34)cc2)c2nnnn2C2CCCCC2)cc1. The molecule has 1 fully saturated rings. The maximum Gasteiger partial charge on any atom is 0.178 e. The Morgan fingerprint density at radius 3 is 2.34 bits per heavy atom. The second kappa shape index (κ2) is 11.0. The fourth-order valence-electron chi connectivity index (χ4n) is 5.13. The molecule has 0 saturated heterocycles. The van der Waals surface area contributed by atoms with E-state index < -0.39 is 0 Å². The highest BCUT2D eigenvalue weighted by Gasteiger charge is 2.26. The van der Waals surface area contributed by atoms with Gasteiger partial charge in [-0.05, 0) is 89.5 Å². The van der Waals surface area contributed by atoms with Gasteiger partial charge in [0.15, 0.2) is 5.82 Å². The molecule has 0 amide bonds. The van der Waals surface area contributed by atoms with Crippen LogP contribution in [0.1, 0.15) is 55.6 Å². The first-order valence-electron chi connectivity index (χ1n) is 12.9. The van der Waals surface area contributed by atoms with Crippen LogP contribution >= 0.6 is 23.2 Å². The molecule has 9 heteroatoms. The van der Waals surface area contributed by atoms with Crippen molar-refractivity contribution in [3.05, 3.63) is 100 Å². The molecule has 1 atom stereocenters. The maximum atomic E-state index is 6.20. The van der Waals surface area contributed by atoms with Gasteiger partial charge < -0.3 is 10.6 Å². The third-order valence-electron chi connectivity index (χ3n) is 7.08. The Kier molecular flexibility index (Phi) is 7.12. The zero-order valence-electron chi connectivity index (χ0n) is 20.7. The van der Waals surface area contributed by atoms with Crippen molar-refractivity contribution in [2.45, 2.75) is 44.2 Å². The number of fused-ring (bicyclic) bond motifs is 1. The molecule has 1 aliphatic rings. The molecule has 2 heterocycles. The van der Waals surface area contributed by atoms with E-state index >= 15 is 0 Å². The van der Waals surface area contributed by atoms with Gasteiger partial charge in [-0.25, -0.2) is 4.68 Å². The van der Waals surface area contributed by atoms with Gasteiger partial charge in [-0.2, -0.15) is 0 Å². The lowest BCUT2D eigenvalue weighted by Gasteiger charge is -2.26. The van der Waals surface area contributed by atoms with E-state index in [1.165, 1.54) is 19.3 Å². The first kappa shape index (κ1) is 24.6. The van der Waals surface area contributed by atoms with Crippen LogP contribution in [0.5, 0.6) is 0 Å². The zero-order chi connectivity index (χ0) is 25.9. The molecule has 0 radical (unpaired) electrons. The van der Waals surface area contributed by atoms with E-state index in [0.717, 1.165) is 52.2 Å². The molecule has 1 saturated carbocycles. The molecular weight excluding hydrogens is 517 g/mol. The first-order chi connectivity index (χ1) is 18.6. The van der Waals surface area contributed by atoms with Gasteiger partial charge in [-0.1, -0.05) is 54.6 Å². The molecule has 38 heavy (non-hydrogen) atoms. The van der Waals surface area contributed by atoms with Crippen LogP contribution in [0.15, 0.2) is 79.0 Å². The lowest BCUT2D eigenvalue weighted by Crippen LogP contribution is -2.23. The summed E-state index contributed by atoms with van der Waals surface area (Å²) in [6.07, 6.45) is 7.66. The standard InChI is InChI=1S/C29H27Cl2N7/c30-20-8-6-19(7-9-20)28(29-35-36-37-38(29)24-4-2-1-3-5-24)34-23-13-11-22(12-14-23)33-26-16-17-32-27-18-21(31)10-15-25(26)27/h6-18,24,28,34H,1-5H2,(H,32,33). The van der Waals surface area contributed by atoms with Crippen molar-refractivity contribution in [2.75, 3.05) is 10.6 Å². The number of aromatic nitrogens is 5. The second-order valence-corrected chi connectivity index (χ2v) is 10.5. The van der Waals surface area contributed by atoms with Gasteiger partial charge in [0.05, 0.1) is 11.6 Å². The molecule has 3 aromatic carbocycles. The number of benzene rings is 3. The van der Waals surface area contributed by atoms with Gasteiger partial charge in [0.1, 0.15) is 6.04 Å². The van der Waals surface area contributed by atoms with Gasteiger partial charge in [0.25, 0.3) is 0 Å². The van der Waals surface area contributed by atoms with Crippen LogP contribution in [0.4, 0.5) is 17.1 Å². The van der Waals surface area contributed by atoms with E-state index in [9.17, 15) is 0 Å². The highest BCUT2D eigenvalue weighted by atomic mass is 35.5. The smallest absolute Gasteiger partial charge is 0.178 e. The van der Waals surface area contributed by atoms with Crippen molar-refractivity contribution < 1.29 is 0 Å². The topological polar surface area (TPSA) is 80.6 Å². The van der Waals surface area contributed by atoms with Crippen molar-refractivity contribution >= 4 is 51.2 Å². The number of nitrogens with zero attached hydrogens (tertiary/aromatic N) is 5. The quantitative estimate of drug-likeness (QED) is 0.216. The molecule has 6 rings (SSSR count). The molecule has 5 aromatic rings. The Hall–Kier alpha value is -3.68. The molecule has 2 aromatic heterocycles. The largest absolute Gasteiger partial charge is 0.371 e. The summed E-state index contributed by atoms with van der Waals surface area (Å²) in [5, 5.41) is 22.5. The maximum absolute atomic E-state index is 6.20. The summed E-state index contributed by atoms with van der Waals surface area (Å²) in [6, 6.07) is 23.8. The molecule has 192 valence electrons. The number of halogens is 2. The molecular formula is C29H27Cl2N7. The van der Waals surface area contributed by atoms with Gasteiger partial charge in [0.2, 0.25) is 0 Å². The van der Waals surface area contributed by atoms with Gasteiger partial charge in [-0.15, -0.1) is 5.10 Å².